The van der Waals surface area contributed by atoms with Crippen LogP contribution in [-0.4, -0.2) is 6.61 Å². The highest BCUT2D eigenvalue weighted by Crippen LogP contribution is 2.23. The molecule has 0 amide bonds. The number of hydrogen-bond acceptors (Lipinski definition) is 1. The van der Waals surface area contributed by atoms with Crippen LogP contribution in [0, 0.1) is 13.8 Å². The highest BCUT2D eigenvalue weighted by atomic mass is 16.5. The van der Waals surface area contributed by atoms with Gasteiger partial charge in [0.25, 0.3) is 0 Å². The third-order valence-electron chi connectivity index (χ3n) is 2.66. The zero-order chi connectivity index (χ0) is 11.4. The van der Waals surface area contributed by atoms with E-state index in [-0.39, 0.29) is 6.10 Å². The lowest BCUT2D eigenvalue weighted by Crippen LogP contribution is -2.04. The van der Waals surface area contributed by atoms with E-state index in [1.807, 2.05) is 6.92 Å². The first-order chi connectivity index (χ1) is 7.02. The first kappa shape index (κ1) is 12.0. The van der Waals surface area contributed by atoms with Crippen LogP contribution in [0.3, 0.4) is 0 Å². The summed E-state index contributed by atoms with van der Waals surface area (Å²) in [6, 6.07) is 6.34. The minimum Gasteiger partial charge on any atom is -0.369 e. The van der Waals surface area contributed by atoms with Crippen LogP contribution in [-0.2, 0) is 4.74 Å². The van der Waals surface area contributed by atoms with Crippen LogP contribution in [0.4, 0.5) is 0 Å². The molecule has 0 saturated heterocycles. The monoisotopic (exact) mass is 204 g/mol. The molecule has 0 fully saturated rings. The molecule has 1 aromatic carbocycles. The summed E-state index contributed by atoms with van der Waals surface area (Å²) in [5.74, 6) is 0. The molecule has 82 valence electrons. The van der Waals surface area contributed by atoms with E-state index < -0.39 is 0 Å². The van der Waals surface area contributed by atoms with Gasteiger partial charge in [-0.05, 0) is 44.4 Å². The Morgan fingerprint density at radius 3 is 2.67 bits per heavy atom. The Bertz CT molecular complexity index is 352. The number of aryl methyl sites for hydroxylation is 1. The summed E-state index contributed by atoms with van der Waals surface area (Å²) in [6.45, 7) is 12.8. The molecular formula is C14H20O. The van der Waals surface area contributed by atoms with Crippen LogP contribution in [0.2, 0.25) is 0 Å². The molecule has 1 heteroatoms. The molecule has 1 unspecified atom stereocenters. The third-order valence-corrected chi connectivity index (χ3v) is 2.66. The third kappa shape index (κ3) is 3.21. The minimum absolute atomic E-state index is 0.140. The van der Waals surface area contributed by atoms with Crippen LogP contribution in [0.25, 0.3) is 0 Å². The standard InChI is InChI=1S/C14H20O/c1-10(2)9-15-13(5)14-8-6-7-11(3)12(14)4/h6-8,13H,1,9H2,2-5H3. The SMILES string of the molecule is C=C(C)COC(C)c1cccc(C)c1C. The highest BCUT2D eigenvalue weighted by molar-refractivity contribution is 5.34. The minimum atomic E-state index is 0.140. The molecule has 1 nitrogen and oxygen atoms in total. The molecule has 1 aromatic rings. The van der Waals surface area contributed by atoms with E-state index >= 15 is 0 Å². The second-order valence-corrected chi connectivity index (χ2v) is 4.20. The summed E-state index contributed by atoms with van der Waals surface area (Å²) < 4.78 is 5.73. The van der Waals surface area contributed by atoms with Crippen molar-refractivity contribution in [3.05, 3.63) is 47.0 Å². The van der Waals surface area contributed by atoms with E-state index in [9.17, 15) is 0 Å². The topological polar surface area (TPSA) is 9.23 Å². The predicted octanol–water partition coefficient (Wildman–Crippen LogP) is 3.96. The molecule has 15 heavy (non-hydrogen) atoms. The zero-order valence-electron chi connectivity index (χ0n) is 10.1. The van der Waals surface area contributed by atoms with Gasteiger partial charge in [0.15, 0.2) is 0 Å². The van der Waals surface area contributed by atoms with Gasteiger partial charge in [-0.25, -0.2) is 0 Å². The van der Waals surface area contributed by atoms with E-state index in [1.165, 1.54) is 16.7 Å². The average Bonchev–Trinajstić information content (AvgIpc) is 2.18. The van der Waals surface area contributed by atoms with Crippen LogP contribution in [0.5, 0.6) is 0 Å². The summed E-state index contributed by atoms with van der Waals surface area (Å²) in [7, 11) is 0. The van der Waals surface area contributed by atoms with Gasteiger partial charge in [0.05, 0.1) is 12.7 Å². The fraction of sp³-hybridized carbons (Fsp3) is 0.429. The fourth-order valence-electron chi connectivity index (χ4n) is 1.57. The lowest BCUT2D eigenvalue weighted by atomic mass is 10.00. The van der Waals surface area contributed by atoms with Crippen molar-refractivity contribution in [2.75, 3.05) is 6.61 Å². The van der Waals surface area contributed by atoms with Gasteiger partial charge in [-0.3, -0.25) is 0 Å². The van der Waals surface area contributed by atoms with E-state index in [0.29, 0.717) is 6.61 Å². The molecule has 0 aliphatic heterocycles. The van der Waals surface area contributed by atoms with Crippen molar-refractivity contribution in [3.63, 3.8) is 0 Å². The summed E-state index contributed by atoms with van der Waals surface area (Å²) >= 11 is 0. The largest absolute Gasteiger partial charge is 0.369 e. The zero-order valence-corrected chi connectivity index (χ0v) is 10.1. The van der Waals surface area contributed by atoms with E-state index in [0.717, 1.165) is 5.57 Å². The smallest absolute Gasteiger partial charge is 0.0803 e. The van der Waals surface area contributed by atoms with Gasteiger partial charge < -0.3 is 4.74 Å². The maximum absolute atomic E-state index is 5.73. The Labute approximate surface area is 92.8 Å². The highest BCUT2D eigenvalue weighted by Gasteiger charge is 2.09. The molecule has 0 radical (unpaired) electrons. The first-order valence-corrected chi connectivity index (χ1v) is 5.34. The van der Waals surface area contributed by atoms with E-state index in [2.05, 4.69) is 45.5 Å². The normalized spacial score (nSPS) is 12.5. The van der Waals surface area contributed by atoms with Gasteiger partial charge in [-0.1, -0.05) is 30.4 Å². The molecule has 0 bridgehead atoms. The molecule has 0 heterocycles. The molecule has 0 aromatic heterocycles. The van der Waals surface area contributed by atoms with Gasteiger partial charge in [-0.2, -0.15) is 0 Å². The Balaban J connectivity index is 2.77. The molecular weight excluding hydrogens is 184 g/mol. The Morgan fingerprint density at radius 2 is 2.07 bits per heavy atom. The molecule has 0 N–H and O–H groups in total. The number of ether oxygens (including phenoxy) is 1. The molecule has 0 saturated carbocycles. The Kier molecular flexibility index (Phi) is 4.10. The second kappa shape index (κ2) is 5.13. The molecule has 0 aliphatic carbocycles. The van der Waals surface area contributed by atoms with Gasteiger partial charge >= 0.3 is 0 Å². The van der Waals surface area contributed by atoms with Crippen LogP contribution < -0.4 is 0 Å². The lowest BCUT2D eigenvalue weighted by molar-refractivity contribution is 0.0833. The Hall–Kier alpha value is -1.08. The lowest BCUT2D eigenvalue weighted by Gasteiger charge is -2.17. The molecule has 0 aliphatic rings. The number of benzene rings is 1. The quantitative estimate of drug-likeness (QED) is 0.675. The maximum Gasteiger partial charge on any atom is 0.0803 e. The van der Waals surface area contributed by atoms with Gasteiger partial charge in [0, 0.05) is 0 Å². The van der Waals surface area contributed by atoms with Gasteiger partial charge in [0.1, 0.15) is 0 Å². The second-order valence-electron chi connectivity index (χ2n) is 4.20. The van der Waals surface area contributed by atoms with Crippen LogP contribution >= 0.6 is 0 Å². The summed E-state index contributed by atoms with van der Waals surface area (Å²) in [5, 5.41) is 0. The molecule has 1 rings (SSSR count). The van der Waals surface area contributed by atoms with Gasteiger partial charge in [-0.15, -0.1) is 0 Å². The van der Waals surface area contributed by atoms with E-state index in [4.69, 9.17) is 4.74 Å². The van der Waals surface area contributed by atoms with Gasteiger partial charge in [0.2, 0.25) is 0 Å². The maximum atomic E-state index is 5.73. The number of rotatable bonds is 4. The van der Waals surface area contributed by atoms with Crippen molar-refractivity contribution in [1.82, 2.24) is 0 Å². The number of hydrogen-bond donors (Lipinski definition) is 0. The van der Waals surface area contributed by atoms with Crippen molar-refractivity contribution in [1.29, 1.82) is 0 Å². The predicted molar refractivity (Wildman–Crippen MR) is 65.1 cm³/mol. The van der Waals surface area contributed by atoms with Crippen LogP contribution in [0.15, 0.2) is 30.4 Å². The first-order valence-electron chi connectivity index (χ1n) is 5.34. The summed E-state index contributed by atoms with van der Waals surface area (Å²) in [5.41, 5.74) is 4.98. The summed E-state index contributed by atoms with van der Waals surface area (Å²) in [4.78, 5) is 0. The van der Waals surface area contributed by atoms with Crippen molar-refractivity contribution in [3.8, 4) is 0 Å². The van der Waals surface area contributed by atoms with Crippen molar-refractivity contribution >= 4 is 0 Å². The summed E-state index contributed by atoms with van der Waals surface area (Å²) in [6.07, 6.45) is 0.140. The van der Waals surface area contributed by atoms with Crippen molar-refractivity contribution < 1.29 is 4.74 Å². The Morgan fingerprint density at radius 1 is 1.40 bits per heavy atom. The fourth-order valence-corrected chi connectivity index (χ4v) is 1.57. The molecule has 0 spiro atoms. The van der Waals surface area contributed by atoms with Crippen molar-refractivity contribution in [2.24, 2.45) is 0 Å². The average molecular weight is 204 g/mol. The van der Waals surface area contributed by atoms with E-state index in [1.54, 1.807) is 0 Å². The van der Waals surface area contributed by atoms with Crippen molar-refractivity contribution in [2.45, 2.75) is 33.8 Å². The molecule has 1 atom stereocenters. The van der Waals surface area contributed by atoms with Crippen LogP contribution in [0.1, 0.15) is 36.6 Å².